The van der Waals surface area contributed by atoms with Crippen LogP contribution in [-0.4, -0.2) is 17.6 Å². The summed E-state index contributed by atoms with van der Waals surface area (Å²) in [7, 11) is 0. The molecule has 1 aromatic rings. The molecule has 1 aliphatic rings. The Hall–Kier alpha value is -1.58. The van der Waals surface area contributed by atoms with Gasteiger partial charge in [-0.3, -0.25) is 4.79 Å². The molecule has 0 aliphatic heterocycles. The molecule has 1 heterocycles. The largest absolute Gasteiger partial charge is 0.475 e. The molecule has 0 spiro atoms. The third kappa shape index (κ3) is 3.44. The number of aromatic nitrogens is 1. The Kier molecular flexibility index (Phi) is 3.61. The molecule has 0 unspecified atom stereocenters. The average Bonchev–Trinajstić information content (AvgIpc) is 3.11. The van der Waals surface area contributed by atoms with Crippen molar-refractivity contribution in [3.8, 4) is 11.6 Å². The van der Waals surface area contributed by atoms with Crippen LogP contribution in [0.4, 0.5) is 0 Å². The molecule has 1 aliphatic carbocycles. The van der Waals surface area contributed by atoms with Gasteiger partial charge in [0, 0.05) is 6.20 Å². The minimum atomic E-state index is -0.174. The van der Waals surface area contributed by atoms with Crippen molar-refractivity contribution in [3.63, 3.8) is 0 Å². The number of pyridine rings is 1. The molecule has 0 bridgehead atoms. The maximum Gasteiger partial charge on any atom is 0.314 e. The fourth-order valence-corrected chi connectivity index (χ4v) is 1.32. The summed E-state index contributed by atoms with van der Waals surface area (Å²) in [4.78, 5) is 15.6. The topological polar surface area (TPSA) is 48.4 Å². The van der Waals surface area contributed by atoms with Crippen molar-refractivity contribution in [3.05, 3.63) is 18.3 Å². The van der Waals surface area contributed by atoms with E-state index in [-0.39, 0.29) is 11.9 Å². The van der Waals surface area contributed by atoms with Crippen molar-refractivity contribution in [2.24, 2.45) is 11.8 Å². The molecule has 0 radical (unpaired) electrons. The second-order valence-corrected chi connectivity index (χ2v) is 4.71. The lowest BCUT2D eigenvalue weighted by atomic mass is 10.2. The summed E-state index contributed by atoms with van der Waals surface area (Å²) < 4.78 is 10.8. The van der Waals surface area contributed by atoms with Crippen molar-refractivity contribution >= 4 is 5.97 Å². The molecular formula is C13H17NO3. The fraction of sp³-hybridized carbons (Fsp3) is 0.538. The Morgan fingerprint density at radius 2 is 2.29 bits per heavy atom. The lowest BCUT2D eigenvalue weighted by Gasteiger charge is -2.11. The highest BCUT2D eigenvalue weighted by Gasteiger charge is 2.32. The summed E-state index contributed by atoms with van der Waals surface area (Å²) in [5.41, 5.74) is 0. The molecule has 0 N–H and O–H groups in total. The maximum absolute atomic E-state index is 11.6. The van der Waals surface area contributed by atoms with Crippen molar-refractivity contribution < 1.29 is 14.3 Å². The van der Waals surface area contributed by atoms with E-state index in [2.05, 4.69) is 18.8 Å². The predicted molar refractivity (Wildman–Crippen MR) is 62.9 cm³/mol. The van der Waals surface area contributed by atoms with E-state index in [0.717, 1.165) is 12.8 Å². The molecule has 0 aromatic carbocycles. The number of carbonyl (C=O) groups excluding carboxylic acids is 1. The SMILES string of the molecule is CC(C)COc1ncccc1OC(=O)C1CC1. The van der Waals surface area contributed by atoms with Crippen LogP contribution in [0.1, 0.15) is 26.7 Å². The monoisotopic (exact) mass is 235 g/mol. The summed E-state index contributed by atoms with van der Waals surface area (Å²) in [5.74, 6) is 1.13. The average molecular weight is 235 g/mol. The first-order valence-electron chi connectivity index (χ1n) is 5.96. The van der Waals surface area contributed by atoms with E-state index >= 15 is 0 Å². The van der Waals surface area contributed by atoms with E-state index in [0.29, 0.717) is 24.2 Å². The Morgan fingerprint density at radius 3 is 2.94 bits per heavy atom. The summed E-state index contributed by atoms with van der Waals surface area (Å²) in [6.45, 7) is 4.67. The Balaban J connectivity index is 2.01. The van der Waals surface area contributed by atoms with Crippen molar-refractivity contribution in [1.29, 1.82) is 0 Å². The van der Waals surface area contributed by atoms with Gasteiger partial charge >= 0.3 is 5.97 Å². The van der Waals surface area contributed by atoms with E-state index in [1.807, 2.05) is 0 Å². The number of ether oxygens (including phenoxy) is 2. The quantitative estimate of drug-likeness (QED) is 0.735. The van der Waals surface area contributed by atoms with Gasteiger partial charge in [0.15, 0.2) is 5.75 Å². The number of carbonyl (C=O) groups is 1. The zero-order valence-corrected chi connectivity index (χ0v) is 10.2. The molecule has 4 heteroatoms. The molecule has 0 amide bonds. The first-order chi connectivity index (χ1) is 8.16. The van der Waals surface area contributed by atoms with Crippen LogP contribution >= 0.6 is 0 Å². The third-order valence-corrected chi connectivity index (χ3v) is 2.41. The van der Waals surface area contributed by atoms with Gasteiger partial charge in [-0.2, -0.15) is 0 Å². The van der Waals surface area contributed by atoms with Gasteiger partial charge in [-0.25, -0.2) is 4.98 Å². The van der Waals surface area contributed by atoms with Gasteiger partial charge in [0.1, 0.15) is 0 Å². The molecular weight excluding hydrogens is 218 g/mol. The normalized spacial score (nSPS) is 14.8. The second kappa shape index (κ2) is 5.17. The highest BCUT2D eigenvalue weighted by atomic mass is 16.6. The van der Waals surface area contributed by atoms with Crippen molar-refractivity contribution in [2.45, 2.75) is 26.7 Å². The number of nitrogens with zero attached hydrogens (tertiary/aromatic N) is 1. The van der Waals surface area contributed by atoms with Gasteiger partial charge in [0.05, 0.1) is 12.5 Å². The standard InChI is InChI=1S/C13H17NO3/c1-9(2)8-16-12-11(4-3-7-14-12)17-13(15)10-5-6-10/h3-4,7,9-10H,5-6,8H2,1-2H3. The van der Waals surface area contributed by atoms with Gasteiger partial charge in [-0.15, -0.1) is 0 Å². The highest BCUT2D eigenvalue weighted by molar-refractivity contribution is 5.77. The van der Waals surface area contributed by atoms with Gasteiger partial charge in [-0.1, -0.05) is 13.8 Å². The molecule has 1 aromatic heterocycles. The van der Waals surface area contributed by atoms with Gasteiger partial charge < -0.3 is 9.47 Å². The lowest BCUT2D eigenvalue weighted by Crippen LogP contribution is -2.12. The van der Waals surface area contributed by atoms with E-state index in [4.69, 9.17) is 9.47 Å². The molecule has 1 fully saturated rings. The summed E-state index contributed by atoms with van der Waals surface area (Å²) >= 11 is 0. The predicted octanol–water partition coefficient (Wildman–Crippen LogP) is 2.43. The molecule has 17 heavy (non-hydrogen) atoms. The number of hydrogen-bond donors (Lipinski definition) is 0. The van der Waals surface area contributed by atoms with Gasteiger partial charge in [0.25, 0.3) is 5.88 Å². The molecule has 92 valence electrons. The first-order valence-corrected chi connectivity index (χ1v) is 5.96. The minimum Gasteiger partial charge on any atom is -0.475 e. The molecule has 0 saturated heterocycles. The lowest BCUT2D eigenvalue weighted by molar-refractivity contribution is -0.135. The zero-order chi connectivity index (χ0) is 12.3. The number of hydrogen-bond acceptors (Lipinski definition) is 4. The summed E-state index contributed by atoms with van der Waals surface area (Å²) in [6, 6.07) is 3.45. The Morgan fingerprint density at radius 1 is 1.53 bits per heavy atom. The van der Waals surface area contributed by atoms with Crippen LogP contribution in [0.5, 0.6) is 11.6 Å². The second-order valence-electron chi connectivity index (χ2n) is 4.71. The van der Waals surface area contributed by atoms with E-state index < -0.39 is 0 Å². The van der Waals surface area contributed by atoms with E-state index in [9.17, 15) is 4.79 Å². The van der Waals surface area contributed by atoms with Crippen LogP contribution in [0.25, 0.3) is 0 Å². The van der Waals surface area contributed by atoms with Crippen LogP contribution in [0.15, 0.2) is 18.3 Å². The highest BCUT2D eigenvalue weighted by Crippen LogP contribution is 2.32. The van der Waals surface area contributed by atoms with E-state index in [1.165, 1.54) is 0 Å². The molecule has 0 atom stereocenters. The number of rotatable bonds is 5. The smallest absolute Gasteiger partial charge is 0.314 e. The van der Waals surface area contributed by atoms with Crippen LogP contribution in [0.3, 0.4) is 0 Å². The van der Waals surface area contributed by atoms with Gasteiger partial charge in [-0.05, 0) is 30.9 Å². The Labute approximate surface area is 101 Å². The molecule has 2 rings (SSSR count). The van der Waals surface area contributed by atoms with E-state index in [1.54, 1.807) is 18.3 Å². The summed E-state index contributed by atoms with van der Waals surface area (Å²) in [5, 5.41) is 0. The fourth-order valence-electron chi connectivity index (χ4n) is 1.32. The molecule has 4 nitrogen and oxygen atoms in total. The zero-order valence-electron chi connectivity index (χ0n) is 10.2. The van der Waals surface area contributed by atoms with Gasteiger partial charge in [0.2, 0.25) is 0 Å². The van der Waals surface area contributed by atoms with Crippen molar-refractivity contribution in [2.75, 3.05) is 6.61 Å². The third-order valence-electron chi connectivity index (χ3n) is 2.41. The van der Waals surface area contributed by atoms with Crippen LogP contribution in [0, 0.1) is 11.8 Å². The first kappa shape index (κ1) is 11.9. The van der Waals surface area contributed by atoms with Crippen LogP contribution in [-0.2, 0) is 4.79 Å². The molecule has 1 saturated carbocycles. The maximum atomic E-state index is 11.6. The number of esters is 1. The van der Waals surface area contributed by atoms with Crippen LogP contribution in [0.2, 0.25) is 0 Å². The Bertz CT molecular complexity index is 399. The summed E-state index contributed by atoms with van der Waals surface area (Å²) in [6.07, 6.45) is 3.49. The minimum absolute atomic E-state index is 0.0770. The van der Waals surface area contributed by atoms with Crippen LogP contribution < -0.4 is 9.47 Å². The van der Waals surface area contributed by atoms with Crippen molar-refractivity contribution in [1.82, 2.24) is 4.98 Å².